The fourth-order valence-electron chi connectivity index (χ4n) is 2.37. The largest absolute Gasteiger partial charge is 0.472 e. The summed E-state index contributed by atoms with van der Waals surface area (Å²) >= 11 is 1.25. The zero-order valence-corrected chi connectivity index (χ0v) is 15.1. The summed E-state index contributed by atoms with van der Waals surface area (Å²) in [6.45, 7) is 3.27. The molecule has 1 N–H and O–H groups in total. The Hall–Kier alpha value is -2.52. The smallest absolute Gasteiger partial charge is 0.311 e. The number of hydrogen-bond donors (Lipinski definition) is 1. The number of carbonyl (C=O) groups is 2. The van der Waals surface area contributed by atoms with E-state index in [1.54, 1.807) is 24.4 Å². The van der Waals surface area contributed by atoms with E-state index in [4.69, 9.17) is 14.2 Å². The number of amides is 1. The highest BCUT2D eigenvalue weighted by molar-refractivity contribution is 7.14. The molecule has 26 heavy (non-hydrogen) atoms. The van der Waals surface area contributed by atoms with E-state index in [0.29, 0.717) is 42.1 Å². The Morgan fingerprint density at radius 3 is 3.12 bits per heavy atom. The number of anilines is 1. The summed E-state index contributed by atoms with van der Waals surface area (Å²) in [6, 6.07) is 3.18. The lowest BCUT2D eigenvalue weighted by atomic mass is 10.2. The first-order valence-electron chi connectivity index (χ1n) is 8.26. The topological polar surface area (TPSA) is 99.6 Å². The number of carbonyl (C=O) groups excluding carboxylic acids is 2. The van der Waals surface area contributed by atoms with E-state index in [1.165, 1.54) is 17.5 Å². The van der Waals surface area contributed by atoms with Crippen LogP contribution in [0.2, 0.25) is 0 Å². The summed E-state index contributed by atoms with van der Waals surface area (Å²) in [6.07, 6.45) is 2.37. The Labute approximate surface area is 154 Å². The third-order valence-electron chi connectivity index (χ3n) is 3.58. The minimum atomic E-state index is -0.345. The van der Waals surface area contributed by atoms with Crippen LogP contribution in [-0.2, 0) is 20.7 Å². The average Bonchev–Trinajstić information content (AvgIpc) is 3.27. The number of ether oxygens (including phenoxy) is 3. The molecule has 0 unspecified atom stereocenters. The molecule has 1 amide bonds. The predicted molar refractivity (Wildman–Crippen MR) is 94.5 cm³/mol. The summed E-state index contributed by atoms with van der Waals surface area (Å²) in [5.74, 6) is -0.283. The van der Waals surface area contributed by atoms with Gasteiger partial charge in [0.1, 0.15) is 6.10 Å². The first-order chi connectivity index (χ1) is 12.6. The monoisotopic (exact) mass is 377 g/mol. The van der Waals surface area contributed by atoms with E-state index in [9.17, 15) is 9.59 Å². The number of pyridine rings is 1. The van der Waals surface area contributed by atoms with Crippen molar-refractivity contribution in [1.82, 2.24) is 9.97 Å². The van der Waals surface area contributed by atoms with Gasteiger partial charge in [0, 0.05) is 29.6 Å². The van der Waals surface area contributed by atoms with Gasteiger partial charge >= 0.3 is 5.97 Å². The number of hydrogen-bond acceptors (Lipinski definition) is 8. The van der Waals surface area contributed by atoms with E-state index >= 15 is 0 Å². The molecule has 1 saturated heterocycles. The van der Waals surface area contributed by atoms with Gasteiger partial charge < -0.3 is 14.2 Å². The molecule has 0 aliphatic carbocycles. The number of aromatic nitrogens is 2. The molecule has 9 heteroatoms. The van der Waals surface area contributed by atoms with Gasteiger partial charge in [-0.2, -0.15) is 0 Å². The van der Waals surface area contributed by atoms with Crippen LogP contribution in [0, 0.1) is 0 Å². The van der Waals surface area contributed by atoms with Crippen LogP contribution < -0.4 is 10.1 Å². The van der Waals surface area contributed by atoms with Crippen molar-refractivity contribution in [2.75, 3.05) is 25.1 Å². The molecule has 1 aliphatic heterocycles. The Morgan fingerprint density at radius 2 is 2.35 bits per heavy atom. The van der Waals surface area contributed by atoms with E-state index < -0.39 is 0 Å². The SMILES string of the molecule is CCOC(=O)Cc1csc(NC(=O)c2ccnc(O[C@H]3CCOC3)c2)n1. The van der Waals surface area contributed by atoms with Crippen molar-refractivity contribution in [1.29, 1.82) is 0 Å². The molecule has 0 radical (unpaired) electrons. The third-order valence-corrected chi connectivity index (χ3v) is 4.38. The van der Waals surface area contributed by atoms with Crippen LogP contribution in [-0.4, -0.2) is 47.8 Å². The van der Waals surface area contributed by atoms with Gasteiger partial charge in [0.2, 0.25) is 5.88 Å². The number of rotatable bonds is 7. The lowest BCUT2D eigenvalue weighted by Gasteiger charge is -2.11. The zero-order valence-electron chi connectivity index (χ0n) is 14.3. The molecule has 8 nitrogen and oxygen atoms in total. The highest BCUT2D eigenvalue weighted by atomic mass is 32.1. The lowest BCUT2D eigenvalue weighted by Crippen LogP contribution is -2.17. The van der Waals surface area contributed by atoms with Crippen LogP contribution in [0.15, 0.2) is 23.7 Å². The van der Waals surface area contributed by atoms with Crippen LogP contribution in [0.5, 0.6) is 5.88 Å². The van der Waals surface area contributed by atoms with Crippen LogP contribution >= 0.6 is 11.3 Å². The van der Waals surface area contributed by atoms with E-state index in [0.717, 1.165) is 6.42 Å². The molecular weight excluding hydrogens is 358 g/mol. The number of thiazole rings is 1. The van der Waals surface area contributed by atoms with Crippen molar-refractivity contribution in [3.63, 3.8) is 0 Å². The van der Waals surface area contributed by atoms with Crippen LogP contribution in [0.3, 0.4) is 0 Å². The van der Waals surface area contributed by atoms with Crippen molar-refractivity contribution in [3.8, 4) is 5.88 Å². The molecule has 3 rings (SSSR count). The van der Waals surface area contributed by atoms with Crippen LogP contribution in [0.4, 0.5) is 5.13 Å². The average molecular weight is 377 g/mol. The van der Waals surface area contributed by atoms with Crippen LogP contribution in [0.1, 0.15) is 29.4 Å². The van der Waals surface area contributed by atoms with Gasteiger partial charge in [0.15, 0.2) is 5.13 Å². The van der Waals surface area contributed by atoms with E-state index in [-0.39, 0.29) is 24.4 Å². The molecule has 2 aromatic heterocycles. The molecule has 1 aliphatic rings. The molecule has 0 saturated carbocycles. The van der Waals surface area contributed by atoms with Gasteiger partial charge in [-0.15, -0.1) is 11.3 Å². The minimum absolute atomic E-state index is 0.0368. The number of nitrogens with zero attached hydrogens (tertiary/aromatic N) is 2. The normalized spacial score (nSPS) is 16.3. The Kier molecular flexibility index (Phi) is 6.13. The zero-order chi connectivity index (χ0) is 18.4. The number of esters is 1. The van der Waals surface area contributed by atoms with Gasteiger partial charge in [-0.3, -0.25) is 14.9 Å². The second-order valence-corrected chi connectivity index (χ2v) is 6.42. The molecule has 1 atom stereocenters. The first-order valence-corrected chi connectivity index (χ1v) is 9.14. The Bertz CT molecular complexity index is 773. The molecule has 0 aromatic carbocycles. The fraction of sp³-hybridized carbons (Fsp3) is 0.412. The Morgan fingerprint density at radius 1 is 1.46 bits per heavy atom. The first kappa shape index (κ1) is 18.3. The van der Waals surface area contributed by atoms with Crippen molar-refractivity contribution >= 4 is 28.3 Å². The lowest BCUT2D eigenvalue weighted by molar-refractivity contribution is -0.142. The summed E-state index contributed by atoms with van der Waals surface area (Å²) < 4.78 is 15.8. The second-order valence-electron chi connectivity index (χ2n) is 5.57. The van der Waals surface area contributed by atoms with Crippen molar-refractivity contribution in [2.24, 2.45) is 0 Å². The fourth-order valence-corrected chi connectivity index (χ4v) is 3.07. The summed E-state index contributed by atoms with van der Waals surface area (Å²) in [5, 5.41) is 4.84. The standard InChI is InChI=1S/C17H19N3O5S/c1-2-24-15(21)8-12-10-26-17(19-12)20-16(22)11-3-5-18-14(7-11)25-13-4-6-23-9-13/h3,5,7,10,13H,2,4,6,8-9H2,1H3,(H,19,20,22)/t13-/m0/s1. The van der Waals surface area contributed by atoms with Crippen LogP contribution in [0.25, 0.3) is 0 Å². The maximum Gasteiger partial charge on any atom is 0.311 e. The van der Waals surface area contributed by atoms with Gasteiger partial charge in [0.05, 0.1) is 31.9 Å². The van der Waals surface area contributed by atoms with Gasteiger partial charge in [-0.1, -0.05) is 0 Å². The summed E-state index contributed by atoms with van der Waals surface area (Å²) in [7, 11) is 0. The predicted octanol–water partition coefficient (Wildman–Crippen LogP) is 2.06. The molecular formula is C17H19N3O5S. The maximum absolute atomic E-state index is 12.4. The van der Waals surface area contributed by atoms with Crippen molar-refractivity contribution < 1.29 is 23.8 Å². The number of nitrogens with one attached hydrogen (secondary N) is 1. The molecule has 0 bridgehead atoms. The van der Waals surface area contributed by atoms with Crippen molar-refractivity contribution in [3.05, 3.63) is 35.0 Å². The highest BCUT2D eigenvalue weighted by Gasteiger charge is 2.18. The molecule has 3 heterocycles. The highest BCUT2D eigenvalue weighted by Crippen LogP contribution is 2.19. The van der Waals surface area contributed by atoms with E-state index in [2.05, 4.69) is 15.3 Å². The van der Waals surface area contributed by atoms with Gasteiger partial charge in [-0.05, 0) is 13.0 Å². The quantitative estimate of drug-likeness (QED) is 0.737. The Balaban J connectivity index is 1.59. The van der Waals surface area contributed by atoms with Gasteiger partial charge in [0.25, 0.3) is 5.91 Å². The molecule has 0 spiro atoms. The summed E-state index contributed by atoms with van der Waals surface area (Å²) in [5.41, 5.74) is 0.972. The molecule has 1 fully saturated rings. The second kappa shape index (κ2) is 8.72. The summed E-state index contributed by atoms with van der Waals surface area (Å²) in [4.78, 5) is 32.2. The maximum atomic E-state index is 12.4. The van der Waals surface area contributed by atoms with Crippen molar-refractivity contribution in [2.45, 2.75) is 25.9 Å². The molecule has 2 aromatic rings. The minimum Gasteiger partial charge on any atom is -0.472 e. The van der Waals surface area contributed by atoms with Gasteiger partial charge in [-0.25, -0.2) is 9.97 Å². The third kappa shape index (κ3) is 4.99. The van der Waals surface area contributed by atoms with E-state index in [1.807, 2.05) is 0 Å². The molecule has 138 valence electrons.